The Morgan fingerprint density at radius 3 is 2.32 bits per heavy atom. The number of aliphatic carboxylic acids is 1. The number of carboxylic acids is 1. The number of hydrogen-bond acceptors (Lipinski definition) is 6. The first-order valence-electron chi connectivity index (χ1n) is 13.4. The number of nitrogens with zero attached hydrogens (tertiary/aromatic N) is 1. The van der Waals surface area contributed by atoms with Crippen molar-refractivity contribution in [2.45, 2.75) is 82.3 Å². The summed E-state index contributed by atoms with van der Waals surface area (Å²) in [4.78, 5) is 40.5. The maximum absolute atomic E-state index is 13.2. The van der Waals surface area contributed by atoms with Crippen molar-refractivity contribution in [1.29, 1.82) is 0 Å². The number of ether oxygens (including phenoxy) is 2. The van der Waals surface area contributed by atoms with Gasteiger partial charge in [0.2, 0.25) is 0 Å². The number of rotatable bonds is 10. The number of aryl methyl sites for hydroxylation is 1. The molecule has 0 aromatic heterocycles. The number of hydrogen-bond donors (Lipinski definition) is 2. The molecule has 0 saturated heterocycles. The second-order valence-electron chi connectivity index (χ2n) is 10.0. The maximum Gasteiger partial charge on any atom is 0.573 e. The third-order valence-corrected chi connectivity index (χ3v) is 8.11. The van der Waals surface area contributed by atoms with E-state index in [4.69, 9.17) is 4.74 Å². The number of likely N-dealkylation sites (N-methyl/N-ethyl adjacent to an activating group) is 1. The maximum atomic E-state index is 13.2. The van der Waals surface area contributed by atoms with Gasteiger partial charge in [0, 0.05) is 23.2 Å². The summed E-state index contributed by atoms with van der Waals surface area (Å²) in [5.74, 6) is -1.90. The number of alkyl halides is 3. The Balaban J connectivity index is 1.90. The summed E-state index contributed by atoms with van der Waals surface area (Å²) in [6, 6.07) is 6.21. The average molecular weight is 597 g/mol. The van der Waals surface area contributed by atoms with Crippen LogP contribution in [-0.2, 0) is 28.8 Å². The highest BCUT2D eigenvalue weighted by molar-refractivity contribution is 8.01. The van der Waals surface area contributed by atoms with E-state index >= 15 is 0 Å². The van der Waals surface area contributed by atoms with E-state index in [1.165, 1.54) is 12.1 Å². The molecule has 41 heavy (non-hydrogen) atoms. The van der Waals surface area contributed by atoms with Gasteiger partial charge in [-0.25, -0.2) is 9.59 Å². The van der Waals surface area contributed by atoms with Crippen molar-refractivity contribution in [2.75, 3.05) is 18.5 Å². The molecule has 0 bridgehead atoms. The standard InChI is InChI=1S/C29H35F3N2O6S/c1-6-21-22-16-19(34(7-2)27(38)33-18-10-13-20(14-11-18)40-29(30,31)32)12-9-17(22)15-23(24(21)25(35)39-8-3)41-28(4,5)26(36)37/h10-11,13-15,19H,6-9,12,16H2,1-5H3,(H,33,38)(H,36,37). The number of benzene rings is 2. The largest absolute Gasteiger partial charge is 0.573 e. The molecule has 0 saturated carbocycles. The van der Waals surface area contributed by atoms with Crippen LogP contribution in [0.1, 0.15) is 68.1 Å². The number of carboxylic acid groups (broad SMARTS) is 1. The summed E-state index contributed by atoms with van der Waals surface area (Å²) in [6.45, 7) is 9.20. The molecule has 2 aromatic carbocycles. The Kier molecular flexibility index (Phi) is 10.2. The first kappa shape index (κ1) is 32.1. The number of nitrogens with one attached hydrogen (secondary N) is 1. The summed E-state index contributed by atoms with van der Waals surface area (Å²) in [6.07, 6.45) is -2.56. The third-order valence-electron chi connectivity index (χ3n) is 6.89. The zero-order valence-corrected chi connectivity index (χ0v) is 24.5. The van der Waals surface area contributed by atoms with Crippen LogP contribution in [0.3, 0.4) is 0 Å². The lowest BCUT2D eigenvalue weighted by Crippen LogP contribution is -2.45. The molecule has 12 heteroatoms. The first-order valence-corrected chi connectivity index (χ1v) is 14.2. The predicted molar refractivity (Wildman–Crippen MR) is 150 cm³/mol. The summed E-state index contributed by atoms with van der Waals surface area (Å²) in [7, 11) is 0. The van der Waals surface area contributed by atoms with Gasteiger partial charge in [-0.05, 0) is 100 Å². The minimum atomic E-state index is -4.81. The summed E-state index contributed by atoms with van der Waals surface area (Å²) >= 11 is 1.11. The van der Waals surface area contributed by atoms with Gasteiger partial charge in [0.15, 0.2) is 0 Å². The number of esters is 1. The van der Waals surface area contributed by atoms with Crippen LogP contribution in [0.25, 0.3) is 0 Å². The third kappa shape index (κ3) is 7.87. The van der Waals surface area contributed by atoms with E-state index in [0.717, 1.165) is 40.6 Å². The van der Waals surface area contributed by atoms with Crippen LogP contribution in [0.2, 0.25) is 0 Å². The molecule has 1 aliphatic carbocycles. The molecule has 2 amide bonds. The lowest BCUT2D eigenvalue weighted by atomic mass is 9.82. The van der Waals surface area contributed by atoms with Crippen LogP contribution in [-0.4, -0.2) is 58.3 Å². The van der Waals surface area contributed by atoms with Crippen molar-refractivity contribution in [3.63, 3.8) is 0 Å². The minimum Gasteiger partial charge on any atom is -0.480 e. The summed E-state index contributed by atoms with van der Waals surface area (Å²) in [5.41, 5.74) is 3.42. The van der Waals surface area contributed by atoms with Crippen LogP contribution < -0.4 is 10.1 Å². The normalized spacial score (nSPS) is 15.1. The van der Waals surface area contributed by atoms with Crippen molar-refractivity contribution in [1.82, 2.24) is 4.90 Å². The fourth-order valence-corrected chi connectivity index (χ4v) is 6.08. The molecule has 0 aliphatic heterocycles. The van der Waals surface area contributed by atoms with Crippen LogP contribution in [0, 0.1) is 0 Å². The molecule has 0 heterocycles. The average Bonchev–Trinajstić information content (AvgIpc) is 2.88. The van der Waals surface area contributed by atoms with E-state index in [-0.39, 0.29) is 18.4 Å². The summed E-state index contributed by atoms with van der Waals surface area (Å²) < 4.78 is 45.4. The smallest absolute Gasteiger partial charge is 0.480 e. The lowest BCUT2D eigenvalue weighted by molar-refractivity contribution is -0.274. The number of amides is 2. The number of thioether (sulfide) groups is 1. The predicted octanol–water partition coefficient (Wildman–Crippen LogP) is 6.69. The molecule has 2 aromatic rings. The van der Waals surface area contributed by atoms with Gasteiger partial charge in [0.1, 0.15) is 10.5 Å². The monoisotopic (exact) mass is 596 g/mol. The number of carbonyl (C=O) groups is 3. The van der Waals surface area contributed by atoms with Gasteiger partial charge in [0.05, 0.1) is 12.2 Å². The van der Waals surface area contributed by atoms with Crippen LogP contribution in [0.15, 0.2) is 35.2 Å². The van der Waals surface area contributed by atoms with Gasteiger partial charge < -0.3 is 24.8 Å². The topological polar surface area (TPSA) is 105 Å². The molecule has 8 nitrogen and oxygen atoms in total. The molecule has 1 aliphatic rings. The second kappa shape index (κ2) is 13.1. The molecule has 1 atom stereocenters. The van der Waals surface area contributed by atoms with Crippen molar-refractivity contribution >= 4 is 35.4 Å². The van der Waals surface area contributed by atoms with E-state index in [2.05, 4.69) is 10.1 Å². The Hall–Kier alpha value is -3.41. The van der Waals surface area contributed by atoms with Gasteiger partial charge in [-0.15, -0.1) is 24.9 Å². The van der Waals surface area contributed by atoms with E-state index in [9.17, 15) is 32.7 Å². The van der Waals surface area contributed by atoms with E-state index in [1.54, 1.807) is 25.7 Å². The Morgan fingerprint density at radius 1 is 1.12 bits per heavy atom. The highest BCUT2D eigenvalue weighted by atomic mass is 32.2. The van der Waals surface area contributed by atoms with E-state index < -0.39 is 29.1 Å². The zero-order valence-electron chi connectivity index (χ0n) is 23.7. The van der Waals surface area contributed by atoms with Gasteiger partial charge in [-0.2, -0.15) is 0 Å². The van der Waals surface area contributed by atoms with Gasteiger partial charge in [-0.1, -0.05) is 6.92 Å². The van der Waals surface area contributed by atoms with Crippen molar-refractivity contribution in [2.24, 2.45) is 0 Å². The fraction of sp³-hybridized carbons (Fsp3) is 0.483. The van der Waals surface area contributed by atoms with Crippen molar-refractivity contribution in [3.05, 3.63) is 52.6 Å². The van der Waals surface area contributed by atoms with Crippen LogP contribution in [0.5, 0.6) is 5.75 Å². The van der Waals surface area contributed by atoms with Crippen LogP contribution in [0.4, 0.5) is 23.7 Å². The van der Waals surface area contributed by atoms with E-state index in [0.29, 0.717) is 48.4 Å². The highest BCUT2D eigenvalue weighted by Crippen LogP contribution is 2.41. The molecule has 2 N–H and O–H groups in total. The fourth-order valence-electron chi connectivity index (χ4n) is 4.93. The number of halogens is 3. The number of urea groups is 1. The molecule has 0 fully saturated rings. The second-order valence-corrected chi connectivity index (χ2v) is 11.7. The number of fused-ring (bicyclic) bond motifs is 1. The Labute approximate surface area is 241 Å². The molecular weight excluding hydrogens is 561 g/mol. The zero-order chi connectivity index (χ0) is 30.5. The summed E-state index contributed by atoms with van der Waals surface area (Å²) in [5, 5.41) is 12.4. The quantitative estimate of drug-likeness (QED) is 0.233. The molecule has 1 unspecified atom stereocenters. The van der Waals surface area contributed by atoms with Gasteiger partial charge in [0.25, 0.3) is 0 Å². The minimum absolute atomic E-state index is 0.168. The lowest BCUT2D eigenvalue weighted by Gasteiger charge is -2.36. The number of carbonyl (C=O) groups excluding carboxylic acids is 2. The first-order chi connectivity index (χ1) is 19.2. The van der Waals surface area contributed by atoms with Gasteiger partial charge in [-0.3, -0.25) is 4.79 Å². The SMILES string of the molecule is CCOC(=O)c1c(SC(C)(C)C(=O)O)cc2c(c1CC)CC(N(CC)C(=O)Nc1ccc(OC(F)(F)F)cc1)CC2. The Morgan fingerprint density at radius 2 is 1.78 bits per heavy atom. The Bertz CT molecular complexity index is 1280. The van der Waals surface area contributed by atoms with Gasteiger partial charge >= 0.3 is 24.3 Å². The van der Waals surface area contributed by atoms with E-state index in [1.807, 2.05) is 19.9 Å². The molecule has 3 rings (SSSR count). The molecule has 224 valence electrons. The number of anilines is 1. The van der Waals surface area contributed by atoms with Crippen LogP contribution >= 0.6 is 11.8 Å². The molecular formula is C29H35F3N2O6S. The highest BCUT2D eigenvalue weighted by Gasteiger charge is 2.35. The molecule has 0 radical (unpaired) electrons. The molecule has 0 spiro atoms. The van der Waals surface area contributed by atoms with Crippen molar-refractivity contribution < 1.29 is 42.1 Å². The van der Waals surface area contributed by atoms with Crippen molar-refractivity contribution in [3.8, 4) is 5.75 Å².